The zero-order valence-corrected chi connectivity index (χ0v) is 22.5. The third-order valence-electron chi connectivity index (χ3n) is 5.13. The van der Waals surface area contributed by atoms with Crippen LogP contribution >= 0.6 is 12.6 Å². The van der Waals surface area contributed by atoms with Gasteiger partial charge in [0.2, 0.25) is 0 Å². The number of nitrogens with zero attached hydrogens (tertiary/aromatic N) is 1. The van der Waals surface area contributed by atoms with Crippen LogP contribution in [-0.2, 0) is 10.8 Å². The van der Waals surface area contributed by atoms with Gasteiger partial charge in [-0.15, -0.1) is 12.6 Å². The average Bonchev–Trinajstić information content (AvgIpc) is 2.68. The first-order valence-corrected chi connectivity index (χ1v) is 12.2. The Morgan fingerprint density at radius 1 is 0.967 bits per heavy atom. The van der Waals surface area contributed by atoms with E-state index in [9.17, 15) is 0 Å². The van der Waals surface area contributed by atoms with E-state index in [1.807, 2.05) is 26.8 Å². The van der Waals surface area contributed by atoms with Crippen molar-refractivity contribution in [2.45, 2.75) is 123 Å². The Morgan fingerprint density at radius 2 is 1.37 bits per heavy atom. The van der Waals surface area contributed by atoms with E-state index in [2.05, 4.69) is 85.9 Å². The van der Waals surface area contributed by atoms with Crippen LogP contribution in [0.2, 0.25) is 0 Å². The fraction of sp³-hybridized carbons (Fsp3) is 0.679. The summed E-state index contributed by atoms with van der Waals surface area (Å²) < 4.78 is 0. The minimum atomic E-state index is 0.193. The highest BCUT2D eigenvalue weighted by atomic mass is 32.1. The Morgan fingerprint density at radius 3 is 1.57 bits per heavy atom. The summed E-state index contributed by atoms with van der Waals surface area (Å²) in [7, 11) is 0. The molecule has 2 heteroatoms. The second-order valence-corrected chi connectivity index (χ2v) is 10.6. The van der Waals surface area contributed by atoms with Gasteiger partial charge in [-0.25, -0.2) is 0 Å². The summed E-state index contributed by atoms with van der Waals surface area (Å²) in [6.45, 7) is 25.1. The van der Waals surface area contributed by atoms with Crippen LogP contribution in [0.4, 0.5) is 0 Å². The van der Waals surface area contributed by atoms with Crippen molar-refractivity contribution in [1.82, 2.24) is 0 Å². The Balaban J connectivity index is 0. The molecule has 0 N–H and O–H groups in total. The number of rotatable bonds is 1. The zero-order valence-electron chi connectivity index (χ0n) is 21.7. The third kappa shape index (κ3) is 14.7. The third-order valence-corrected chi connectivity index (χ3v) is 5.39. The zero-order chi connectivity index (χ0) is 24.0. The van der Waals surface area contributed by atoms with Crippen molar-refractivity contribution < 1.29 is 0 Å². The van der Waals surface area contributed by atoms with Crippen LogP contribution in [0.3, 0.4) is 0 Å². The van der Waals surface area contributed by atoms with E-state index in [1.165, 1.54) is 43.2 Å². The van der Waals surface area contributed by atoms with Gasteiger partial charge in [-0.2, -0.15) is 5.26 Å². The molecule has 0 aliphatic heterocycles. The van der Waals surface area contributed by atoms with Crippen LogP contribution in [0.15, 0.2) is 35.2 Å². The molecule has 0 heterocycles. The average molecular weight is 432 g/mol. The normalized spacial score (nSPS) is 13.9. The maximum absolute atomic E-state index is 7.99. The summed E-state index contributed by atoms with van der Waals surface area (Å²) >= 11 is 4.49. The van der Waals surface area contributed by atoms with Crippen molar-refractivity contribution in [2.75, 3.05) is 0 Å². The molecule has 0 aromatic heterocycles. The van der Waals surface area contributed by atoms with Crippen LogP contribution in [0.5, 0.6) is 0 Å². The van der Waals surface area contributed by atoms with Crippen molar-refractivity contribution >= 4 is 12.6 Å². The Labute approximate surface area is 194 Å². The number of benzene rings is 1. The first-order valence-electron chi connectivity index (χ1n) is 11.7. The SMILES string of the molecule is C=C(C#N)CC.CC.CC(C)(C)c1cc(S)cc(C(C)(C)C)c1.CC1CCCCC1. The van der Waals surface area contributed by atoms with E-state index in [1.54, 1.807) is 0 Å². The first kappa shape index (κ1) is 31.0. The molecule has 1 aliphatic carbocycles. The molecule has 0 radical (unpaired) electrons. The fourth-order valence-electron chi connectivity index (χ4n) is 2.86. The fourth-order valence-corrected chi connectivity index (χ4v) is 3.14. The number of allylic oxidation sites excluding steroid dienone is 1. The Kier molecular flexibility index (Phi) is 16.1. The van der Waals surface area contributed by atoms with E-state index in [-0.39, 0.29) is 10.8 Å². The van der Waals surface area contributed by atoms with Crippen LogP contribution in [-0.4, -0.2) is 0 Å². The van der Waals surface area contributed by atoms with Gasteiger partial charge in [-0.1, -0.05) is 114 Å². The lowest BCUT2D eigenvalue weighted by atomic mass is 9.81. The molecule has 1 aliphatic rings. The molecule has 0 spiro atoms. The topological polar surface area (TPSA) is 23.8 Å². The molecule has 172 valence electrons. The summed E-state index contributed by atoms with van der Waals surface area (Å²) in [6.07, 6.45) is 8.21. The predicted molar refractivity (Wildman–Crippen MR) is 140 cm³/mol. The van der Waals surface area contributed by atoms with Gasteiger partial charge in [0.15, 0.2) is 0 Å². The summed E-state index contributed by atoms with van der Waals surface area (Å²) in [5.41, 5.74) is 3.76. The molecule has 1 nitrogen and oxygen atoms in total. The molecule has 0 atom stereocenters. The van der Waals surface area contributed by atoms with Gasteiger partial charge in [0.05, 0.1) is 6.07 Å². The molecule has 2 rings (SSSR count). The lowest BCUT2D eigenvalue weighted by Gasteiger charge is -2.25. The Hall–Kier alpha value is -1.20. The minimum Gasteiger partial charge on any atom is -0.193 e. The van der Waals surface area contributed by atoms with Crippen molar-refractivity contribution in [3.05, 3.63) is 41.5 Å². The molecule has 0 unspecified atom stereocenters. The van der Waals surface area contributed by atoms with Crippen molar-refractivity contribution in [2.24, 2.45) is 5.92 Å². The van der Waals surface area contributed by atoms with Crippen LogP contribution < -0.4 is 0 Å². The summed E-state index contributed by atoms with van der Waals surface area (Å²) in [5.74, 6) is 1.04. The molecule has 0 bridgehead atoms. The second kappa shape index (κ2) is 15.6. The largest absolute Gasteiger partial charge is 0.193 e. The molecule has 1 aromatic carbocycles. The number of hydrogen-bond acceptors (Lipinski definition) is 2. The lowest BCUT2D eigenvalue weighted by Crippen LogP contribution is -2.16. The molecule has 1 aromatic rings. The second-order valence-electron chi connectivity index (χ2n) is 10.1. The molecule has 0 saturated heterocycles. The molecule has 1 saturated carbocycles. The lowest BCUT2D eigenvalue weighted by molar-refractivity contribution is 0.385. The molecular weight excluding hydrogens is 382 g/mol. The number of hydrogen-bond donors (Lipinski definition) is 1. The molecule has 0 amide bonds. The molecule has 1 fully saturated rings. The standard InChI is InChI=1S/C14H22S.C7H14.C5H7N.C2H6/c1-13(2,3)10-7-11(14(4,5)6)9-12(15)8-10;1-7-5-3-2-4-6-7;1-3-5(2)4-6;1-2/h7-9,15H,1-6H3;7H,2-6H2,1H3;2-3H2,1H3;1-2H3. The summed E-state index contributed by atoms with van der Waals surface area (Å²) in [4.78, 5) is 1.06. The van der Waals surface area contributed by atoms with Crippen LogP contribution in [0.1, 0.15) is 119 Å². The summed E-state index contributed by atoms with van der Waals surface area (Å²) in [6, 6.07) is 8.56. The van der Waals surface area contributed by atoms with E-state index < -0.39 is 0 Å². The summed E-state index contributed by atoms with van der Waals surface area (Å²) in [5, 5.41) is 7.99. The van der Waals surface area contributed by atoms with Crippen molar-refractivity contribution in [1.29, 1.82) is 5.26 Å². The quantitative estimate of drug-likeness (QED) is 0.347. The van der Waals surface area contributed by atoms with Crippen molar-refractivity contribution in [3.8, 4) is 6.07 Å². The van der Waals surface area contributed by atoms with Crippen molar-refractivity contribution in [3.63, 3.8) is 0 Å². The van der Waals surface area contributed by atoms with Gasteiger partial charge in [0.1, 0.15) is 0 Å². The maximum Gasteiger partial charge on any atom is 0.0940 e. The van der Waals surface area contributed by atoms with Gasteiger partial charge in [0.25, 0.3) is 0 Å². The smallest absolute Gasteiger partial charge is 0.0940 e. The van der Waals surface area contributed by atoms with E-state index in [0.717, 1.165) is 17.2 Å². The van der Waals surface area contributed by atoms with Crippen LogP contribution in [0.25, 0.3) is 0 Å². The van der Waals surface area contributed by atoms with E-state index in [4.69, 9.17) is 5.26 Å². The van der Waals surface area contributed by atoms with Gasteiger partial charge in [-0.05, 0) is 46.4 Å². The predicted octanol–water partition coefficient (Wildman–Crippen LogP) is 9.66. The minimum absolute atomic E-state index is 0.193. The number of thiol groups is 1. The molecular formula is C28H49NS. The highest BCUT2D eigenvalue weighted by Crippen LogP contribution is 2.31. The van der Waals surface area contributed by atoms with Gasteiger partial charge in [-0.3, -0.25) is 0 Å². The van der Waals surface area contributed by atoms with E-state index in [0.29, 0.717) is 5.57 Å². The van der Waals surface area contributed by atoms with Crippen LogP contribution in [0, 0.1) is 17.2 Å². The first-order chi connectivity index (χ1) is 13.8. The maximum atomic E-state index is 7.99. The highest BCUT2D eigenvalue weighted by molar-refractivity contribution is 7.80. The van der Waals surface area contributed by atoms with Gasteiger partial charge < -0.3 is 0 Å². The monoisotopic (exact) mass is 431 g/mol. The highest BCUT2D eigenvalue weighted by Gasteiger charge is 2.19. The molecule has 30 heavy (non-hydrogen) atoms. The van der Waals surface area contributed by atoms with Gasteiger partial charge >= 0.3 is 0 Å². The number of nitriles is 1. The van der Waals surface area contributed by atoms with E-state index >= 15 is 0 Å². The Bertz CT molecular complexity index is 600. The van der Waals surface area contributed by atoms with Gasteiger partial charge in [0, 0.05) is 10.5 Å².